The number of rotatable bonds is 9. The Labute approximate surface area is 220 Å². The summed E-state index contributed by atoms with van der Waals surface area (Å²) in [4.78, 5) is 14.2. The van der Waals surface area contributed by atoms with E-state index in [-0.39, 0.29) is 0 Å². The molecule has 0 saturated carbocycles. The molecular formula is C30H39N5O2. The first-order valence-corrected chi connectivity index (χ1v) is 14.0. The van der Waals surface area contributed by atoms with E-state index in [0.717, 1.165) is 68.8 Å². The van der Waals surface area contributed by atoms with Crippen LogP contribution in [0.15, 0.2) is 36.7 Å². The fourth-order valence-electron chi connectivity index (χ4n) is 6.22. The summed E-state index contributed by atoms with van der Waals surface area (Å²) >= 11 is 0. The van der Waals surface area contributed by atoms with Crippen LogP contribution >= 0.6 is 0 Å². The summed E-state index contributed by atoms with van der Waals surface area (Å²) in [5.41, 5.74) is 7.34. The van der Waals surface area contributed by atoms with Gasteiger partial charge in [-0.1, -0.05) is 0 Å². The molecule has 37 heavy (non-hydrogen) atoms. The van der Waals surface area contributed by atoms with Gasteiger partial charge in [-0.15, -0.1) is 0 Å². The molecule has 2 aliphatic heterocycles. The number of piperidine rings is 1. The van der Waals surface area contributed by atoms with Crippen LogP contribution in [0.25, 0.3) is 10.9 Å². The van der Waals surface area contributed by atoms with Gasteiger partial charge in [0.25, 0.3) is 0 Å². The molecule has 7 nitrogen and oxygen atoms in total. The number of fused-ring (bicyclic) bond motifs is 2. The molecule has 0 atom stereocenters. The fraction of sp³-hybridized carbons (Fsp3) is 0.533. The molecular weight excluding hydrogens is 462 g/mol. The van der Waals surface area contributed by atoms with Gasteiger partial charge in [0.15, 0.2) is 0 Å². The van der Waals surface area contributed by atoms with Crippen molar-refractivity contribution in [2.75, 3.05) is 56.7 Å². The maximum Gasteiger partial charge on any atom is 0.125 e. The van der Waals surface area contributed by atoms with E-state index in [2.05, 4.69) is 44.4 Å². The van der Waals surface area contributed by atoms with Gasteiger partial charge in [-0.2, -0.15) is 0 Å². The molecule has 2 fully saturated rings. The highest BCUT2D eigenvalue weighted by molar-refractivity contribution is 5.95. The van der Waals surface area contributed by atoms with Gasteiger partial charge in [-0.3, -0.25) is 9.97 Å². The number of nitrogens with one attached hydrogen (secondary N) is 1. The molecule has 1 aromatic carbocycles. The lowest BCUT2D eigenvalue weighted by Gasteiger charge is -2.35. The minimum Gasteiger partial charge on any atom is -0.496 e. The summed E-state index contributed by atoms with van der Waals surface area (Å²) in [5.74, 6) is 0.893. The highest BCUT2D eigenvalue weighted by Crippen LogP contribution is 2.38. The topological polar surface area (TPSA) is 62.8 Å². The molecule has 3 aromatic rings. The predicted octanol–water partition coefficient (Wildman–Crippen LogP) is 4.82. The van der Waals surface area contributed by atoms with E-state index in [4.69, 9.17) is 14.5 Å². The van der Waals surface area contributed by atoms with Gasteiger partial charge >= 0.3 is 0 Å². The molecule has 3 aliphatic rings. The van der Waals surface area contributed by atoms with Crippen molar-refractivity contribution in [1.82, 2.24) is 14.9 Å². The van der Waals surface area contributed by atoms with E-state index in [9.17, 15) is 0 Å². The van der Waals surface area contributed by atoms with E-state index in [1.807, 2.05) is 12.4 Å². The number of hydrogen-bond donors (Lipinski definition) is 1. The van der Waals surface area contributed by atoms with Crippen molar-refractivity contribution in [1.29, 1.82) is 0 Å². The number of likely N-dealkylation sites (tertiary alicyclic amines) is 1. The Hall–Kier alpha value is -2.90. The van der Waals surface area contributed by atoms with Crippen molar-refractivity contribution in [2.24, 2.45) is 0 Å². The Balaban J connectivity index is 1.19. The summed E-state index contributed by atoms with van der Waals surface area (Å²) < 4.78 is 11.9. The van der Waals surface area contributed by atoms with Crippen LogP contribution in [0.5, 0.6) is 5.75 Å². The first kappa shape index (κ1) is 24.4. The second-order valence-corrected chi connectivity index (χ2v) is 10.7. The third-order valence-electron chi connectivity index (χ3n) is 8.29. The number of aryl methyl sites for hydroxylation is 1. The average molecular weight is 502 g/mol. The highest BCUT2D eigenvalue weighted by Gasteiger charge is 2.25. The standard InChI is InChI=1S/C30H39N5O2/c1-36-29-20-26-28(19-22(29)21-37-18-17-34-13-2-3-14-34)33-27-6-4-5-25(27)30(26)32-23-9-15-35(16-10-23)24-7-11-31-12-8-24/h7-8,11-12,19-20,23H,2-6,9-10,13-18,21H2,1H3,(H,32,33). The first-order valence-electron chi connectivity index (χ1n) is 14.0. The minimum absolute atomic E-state index is 0.452. The van der Waals surface area contributed by atoms with Crippen molar-refractivity contribution in [2.45, 2.75) is 57.6 Å². The van der Waals surface area contributed by atoms with Gasteiger partial charge in [-0.25, -0.2) is 0 Å². The second-order valence-electron chi connectivity index (χ2n) is 10.7. The number of methoxy groups -OCH3 is 1. The number of benzene rings is 1. The minimum atomic E-state index is 0.452. The molecule has 1 aliphatic carbocycles. The summed E-state index contributed by atoms with van der Waals surface area (Å²) in [6.45, 7) is 6.83. The normalized spacial score (nSPS) is 18.5. The van der Waals surface area contributed by atoms with Crippen molar-refractivity contribution < 1.29 is 9.47 Å². The van der Waals surface area contributed by atoms with Crippen LogP contribution < -0.4 is 15.0 Å². The average Bonchev–Trinajstić information content (AvgIpc) is 3.64. The smallest absolute Gasteiger partial charge is 0.125 e. The van der Waals surface area contributed by atoms with E-state index in [1.54, 1.807) is 7.11 Å². The molecule has 2 saturated heterocycles. The lowest BCUT2D eigenvalue weighted by Crippen LogP contribution is -2.39. The van der Waals surface area contributed by atoms with Crippen LogP contribution in [0.2, 0.25) is 0 Å². The quantitative estimate of drug-likeness (QED) is 0.422. The van der Waals surface area contributed by atoms with E-state index >= 15 is 0 Å². The molecule has 0 amide bonds. The molecule has 6 rings (SSSR count). The molecule has 1 N–H and O–H groups in total. The zero-order valence-electron chi connectivity index (χ0n) is 22.0. The number of anilines is 2. The van der Waals surface area contributed by atoms with Gasteiger partial charge in [0.2, 0.25) is 0 Å². The van der Waals surface area contributed by atoms with Gasteiger partial charge in [0.05, 0.1) is 25.8 Å². The van der Waals surface area contributed by atoms with Crippen LogP contribution in [-0.2, 0) is 24.2 Å². The van der Waals surface area contributed by atoms with E-state index in [1.165, 1.54) is 60.4 Å². The van der Waals surface area contributed by atoms with Crippen molar-refractivity contribution in [3.05, 3.63) is 53.5 Å². The number of aromatic nitrogens is 2. The van der Waals surface area contributed by atoms with Crippen molar-refractivity contribution in [3.8, 4) is 5.75 Å². The predicted molar refractivity (Wildman–Crippen MR) is 149 cm³/mol. The van der Waals surface area contributed by atoms with Gasteiger partial charge in [0.1, 0.15) is 5.75 Å². The molecule has 7 heteroatoms. The van der Waals surface area contributed by atoms with Gasteiger partial charge < -0.3 is 24.6 Å². The van der Waals surface area contributed by atoms with Crippen LogP contribution in [-0.4, -0.2) is 67.4 Å². The van der Waals surface area contributed by atoms with Gasteiger partial charge in [0, 0.05) is 66.1 Å². The maximum absolute atomic E-state index is 6.09. The fourth-order valence-corrected chi connectivity index (χ4v) is 6.22. The molecule has 196 valence electrons. The Morgan fingerprint density at radius 3 is 2.59 bits per heavy atom. The second kappa shape index (κ2) is 11.2. The van der Waals surface area contributed by atoms with Crippen LogP contribution in [0.4, 0.5) is 11.4 Å². The Kier molecular flexibility index (Phi) is 7.42. The van der Waals surface area contributed by atoms with E-state index < -0.39 is 0 Å². The first-order chi connectivity index (χ1) is 18.3. The molecule has 0 unspecified atom stereocenters. The third kappa shape index (κ3) is 5.39. The van der Waals surface area contributed by atoms with Crippen LogP contribution in [0.3, 0.4) is 0 Å². The zero-order valence-corrected chi connectivity index (χ0v) is 22.0. The van der Waals surface area contributed by atoms with E-state index in [0.29, 0.717) is 12.6 Å². The molecule has 0 bridgehead atoms. The third-order valence-corrected chi connectivity index (χ3v) is 8.29. The Bertz CT molecular complexity index is 1200. The van der Waals surface area contributed by atoms with Crippen LogP contribution in [0, 0.1) is 0 Å². The Morgan fingerprint density at radius 2 is 1.81 bits per heavy atom. The lowest BCUT2D eigenvalue weighted by molar-refractivity contribution is 0.0979. The number of nitrogens with zero attached hydrogens (tertiary/aromatic N) is 4. The number of ether oxygens (including phenoxy) is 2. The Morgan fingerprint density at radius 1 is 1.00 bits per heavy atom. The van der Waals surface area contributed by atoms with Crippen molar-refractivity contribution in [3.63, 3.8) is 0 Å². The molecule has 0 radical (unpaired) electrons. The summed E-state index contributed by atoms with van der Waals surface area (Å²) in [6, 6.07) is 9.05. The monoisotopic (exact) mass is 501 g/mol. The summed E-state index contributed by atoms with van der Waals surface area (Å²) in [7, 11) is 1.76. The number of hydrogen-bond acceptors (Lipinski definition) is 7. The molecule has 4 heterocycles. The highest BCUT2D eigenvalue weighted by atomic mass is 16.5. The number of pyridine rings is 2. The summed E-state index contributed by atoms with van der Waals surface area (Å²) in [6.07, 6.45) is 12.0. The summed E-state index contributed by atoms with van der Waals surface area (Å²) in [5, 5.41) is 5.16. The maximum atomic E-state index is 6.09. The SMILES string of the molecule is COc1cc2c(NC3CCN(c4ccncc4)CC3)c3c(nc2cc1COCCN1CCCC1)CCC3. The zero-order chi connectivity index (χ0) is 25.0. The van der Waals surface area contributed by atoms with Crippen LogP contribution in [0.1, 0.15) is 48.9 Å². The van der Waals surface area contributed by atoms with Gasteiger partial charge in [-0.05, 0) is 87.9 Å². The lowest BCUT2D eigenvalue weighted by atomic mass is 10.00. The van der Waals surface area contributed by atoms with Crippen molar-refractivity contribution >= 4 is 22.3 Å². The molecule has 2 aromatic heterocycles. The molecule has 0 spiro atoms. The largest absolute Gasteiger partial charge is 0.496 e.